The van der Waals surface area contributed by atoms with E-state index in [0.29, 0.717) is 12.8 Å². The zero-order valence-corrected chi connectivity index (χ0v) is 15.3. The van der Waals surface area contributed by atoms with E-state index >= 15 is 0 Å². The van der Waals surface area contributed by atoms with Crippen LogP contribution < -0.4 is 21.5 Å². The number of aliphatic hydroxyl groups excluding tert-OH is 1. The third-order valence-electron chi connectivity index (χ3n) is 4.90. The lowest BCUT2D eigenvalue weighted by Gasteiger charge is -2.30. The summed E-state index contributed by atoms with van der Waals surface area (Å²) in [5.41, 5.74) is -0.984. The molecule has 0 radical (unpaired) electrons. The fourth-order valence-electron chi connectivity index (χ4n) is 3.31. The van der Waals surface area contributed by atoms with Gasteiger partial charge in [-0.15, -0.1) is 0 Å². The van der Waals surface area contributed by atoms with Gasteiger partial charge in [-0.1, -0.05) is 18.9 Å². The molecular weight excluding hydrogens is 350 g/mol. The van der Waals surface area contributed by atoms with Gasteiger partial charge >= 0.3 is 0 Å². The highest BCUT2D eigenvalue weighted by Gasteiger charge is 2.29. The predicted molar refractivity (Wildman–Crippen MR) is 103 cm³/mol. The quantitative estimate of drug-likeness (QED) is 0.458. The number of rotatable bonds is 5. The normalized spacial score (nSPS) is 19.7. The van der Waals surface area contributed by atoms with Gasteiger partial charge in [-0.3, -0.25) is 14.4 Å². The van der Waals surface area contributed by atoms with Crippen LogP contribution in [0.15, 0.2) is 27.8 Å². The van der Waals surface area contributed by atoms with Crippen molar-refractivity contribution in [1.82, 2.24) is 4.90 Å². The van der Waals surface area contributed by atoms with Gasteiger partial charge in [-0.25, -0.2) is 0 Å². The summed E-state index contributed by atoms with van der Waals surface area (Å²) >= 11 is 0. The Morgan fingerprint density at radius 1 is 1.11 bits per heavy atom. The summed E-state index contributed by atoms with van der Waals surface area (Å²) in [6.07, 6.45) is 2.63. The molecule has 2 atom stereocenters. The van der Waals surface area contributed by atoms with Crippen LogP contribution in [0.3, 0.4) is 0 Å². The van der Waals surface area contributed by atoms with E-state index in [9.17, 15) is 24.6 Å². The topological polar surface area (TPSA) is 119 Å². The molecule has 2 aromatic rings. The molecule has 0 aromatic heterocycles. The van der Waals surface area contributed by atoms with Gasteiger partial charge in [0.1, 0.15) is 11.4 Å². The molecule has 27 heavy (non-hydrogen) atoms. The van der Waals surface area contributed by atoms with Gasteiger partial charge in [0.15, 0.2) is 5.75 Å². The molecule has 144 valence electrons. The molecule has 1 fully saturated rings. The first-order valence-electron chi connectivity index (χ1n) is 8.89. The van der Waals surface area contributed by atoms with Gasteiger partial charge in [0.25, 0.3) is 16.8 Å². The maximum atomic E-state index is 12.1. The number of hydrogen-bond acceptors (Lipinski definition) is 7. The lowest BCUT2D eigenvalue weighted by Crippen LogP contribution is -2.43. The van der Waals surface area contributed by atoms with E-state index < -0.39 is 17.0 Å². The molecule has 1 amide bonds. The Bertz CT molecular complexity index is 930. The zero-order valence-electron chi connectivity index (χ0n) is 15.3. The number of aromatic hydroxyl groups is 1. The maximum absolute atomic E-state index is 12.1. The minimum Gasteiger partial charge on any atom is -0.505 e. The molecule has 0 saturated heterocycles. The molecule has 3 rings (SSSR count). The second-order valence-electron chi connectivity index (χ2n) is 7.04. The van der Waals surface area contributed by atoms with E-state index in [0.717, 1.165) is 12.8 Å². The van der Waals surface area contributed by atoms with Crippen molar-refractivity contribution in [3.05, 3.63) is 44.2 Å². The predicted octanol–water partition coefficient (Wildman–Crippen LogP) is 1.15. The van der Waals surface area contributed by atoms with Crippen molar-refractivity contribution in [2.75, 3.05) is 24.7 Å². The minimum absolute atomic E-state index is 0.0301. The number of nitrogens with one attached hydrogen (secondary N) is 2. The minimum atomic E-state index is -0.702. The molecule has 4 N–H and O–H groups in total. The highest BCUT2D eigenvalue weighted by molar-refractivity contribution is 5.99. The number of phenols is 1. The highest BCUT2D eigenvalue weighted by Crippen LogP contribution is 2.32. The van der Waals surface area contributed by atoms with Crippen molar-refractivity contribution in [1.29, 1.82) is 0 Å². The number of carbonyl (C=O) groups is 1. The SMILES string of the molecule is CN(C)C(=O)c1cccc(Nc2c(N[C@@H]3CCCC[C@H]3O)c(=O)c2=O)c1O. The van der Waals surface area contributed by atoms with Crippen LogP contribution in [0.2, 0.25) is 0 Å². The molecule has 8 heteroatoms. The van der Waals surface area contributed by atoms with Gasteiger partial charge < -0.3 is 25.7 Å². The van der Waals surface area contributed by atoms with Crippen LogP contribution in [0.5, 0.6) is 5.75 Å². The maximum Gasteiger partial charge on any atom is 0.257 e. The van der Waals surface area contributed by atoms with E-state index in [-0.39, 0.29) is 40.3 Å². The Morgan fingerprint density at radius 2 is 1.78 bits per heavy atom. The summed E-state index contributed by atoms with van der Waals surface area (Å²) in [7, 11) is 3.13. The Labute approximate surface area is 156 Å². The molecular formula is C19H23N3O5. The largest absolute Gasteiger partial charge is 0.505 e. The van der Waals surface area contributed by atoms with Crippen molar-refractivity contribution in [2.45, 2.75) is 37.8 Å². The van der Waals surface area contributed by atoms with Gasteiger partial charge in [0, 0.05) is 14.1 Å². The fourth-order valence-corrected chi connectivity index (χ4v) is 3.31. The number of para-hydroxylation sites is 1. The first kappa shape index (κ1) is 18.9. The molecule has 2 aromatic carbocycles. The van der Waals surface area contributed by atoms with Gasteiger partial charge in [0.2, 0.25) is 0 Å². The third-order valence-corrected chi connectivity index (χ3v) is 4.90. The van der Waals surface area contributed by atoms with Gasteiger partial charge in [-0.2, -0.15) is 0 Å². The molecule has 0 bridgehead atoms. The van der Waals surface area contributed by atoms with E-state index in [1.54, 1.807) is 20.2 Å². The Morgan fingerprint density at radius 3 is 2.44 bits per heavy atom. The van der Waals surface area contributed by atoms with E-state index in [1.165, 1.54) is 17.0 Å². The monoisotopic (exact) mass is 373 g/mol. The number of nitrogens with zero attached hydrogens (tertiary/aromatic N) is 1. The number of benzene rings is 1. The lowest BCUT2D eigenvalue weighted by molar-refractivity contribution is 0.0824. The number of anilines is 3. The number of hydrogen-bond donors (Lipinski definition) is 4. The standard InChI is InChI=1S/C19H23N3O5/c1-22(2)19(27)10-6-5-8-12(16(10)24)21-15-14(17(25)18(15)26)20-11-7-3-4-9-13(11)23/h5-6,8,11,13,20-21,23-24H,3-4,7,9H2,1-2H3/t11-,13-/m1/s1. The van der Waals surface area contributed by atoms with Crippen LogP contribution in [0, 0.1) is 0 Å². The fraction of sp³-hybridized carbons (Fsp3) is 0.421. The van der Waals surface area contributed by atoms with Crippen LogP contribution in [0.4, 0.5) is 17.1 Å². The third kappa shape index (κ3) is 3.52. The van der Waals surface area contributed by atoms with Crippen molar-refractivity contribution in [3.63, 3.8) is 0 Å². The Kier molecular flexibility index (Phi) is 5.18. The summed E-state index contributed by atoms with van der Waals surface area (Å²) in [5.74, 6) is -0.683. The molecule has 1 saturated carbocycles. The van der Waals surface area contributed by atoms with Crippen LogP contribution in [0.25, 0.3) is 0 Å². The van der Waals surface area contributed by atoms with E-state index in [1.807, 2.05) is 0 Å². The second-order valence-corrected chi connectivity index (χ2v) is 7.04. The summed E-state index contributed by atoms with van der Waals surface area (Å²) in [6, 6.07) is 4.26. The first-order chi connectivity index (χ1) is 12.8. The molecule has 1 aliphatic carbocycles. The Balaban J connectivity index is 1.86. The Hall–Kier alpha value is -2.87. The van der Waals surface area contributed by atoms with Crippen LogP contribution >= 0.6 is 0 Å². The van der Waals surface area contributed by atoms with Gasteiger partial charge in [0.05, 0.1) is 23.4 Å². The number of amides is 1. The highest BCUT2D eigenvalue weighted by atomic mass is 16.3. The second kappa shape index (κ2) is 7.40. The summed E-state index contributed by atoms with van der Waals surface area (Å²) in [6.45, 7) is 0. The molecule has 0 spiro atoms. The zero-order chi connectivity index (χ0) is 19.7. The van der Waals surface area contributed by atoms with E-state index in [4.69, 9.17) is 0 Å². The lowest BCUT2D eigenvalue weighted by atomic mass is 9.92. The molecule has 0 heterocycles. The number of carbonyl (C=O) groups excluding carboxylic acids is 1. The van der Waals surface area contributed by atoms with Crippen molar-refractivity contribution < 1.29 is 15.0 Å². The van der Waals surface area contributed by atoms with E-state index in [2.05, 4.69) is 10.6 Å². The van der Waals surface area contributed by atoms with Crippen LogP contribution in [0.1, 0.15) is 36.0 Å². The van der Waals surface area contributed by atoms with Crippen molar-refractivity contribution in [3.8, 4) is 5.75 Å². The summed E-state index contributed by atoms with van der Waals surface area (Å²) in [5, 5.41) is 26.2. The molecule has 0 unspecified atom stereocenters. The van der Waals surface area contributed by atoms with Crippen molar-refractivity contribution in [2.24, 2.45) is 0 Å². The number of phenolic OH excluding ortho intramolecular Hbond substituents is 1. The summed E-state index contributed by atoms with van der Waals surface area (Å²) < 4.78 is 0. The van der Waals surface area contributed by atoms with Crippen molar-refractivity contribution >= 4 is 23.0 Å². The molecule has 1 aliphatic rings. The van der Waals surface area contributed by atoms with Crippen LogP contribution in [-0.4, -0.2) is 47.3 Å². The average molecular weight is 373 g/mol. The number of aliphatic hydroxyl groups is 1. The molecule has 0 aliphatic heterocycles. The van der Waals surface area contributed by atoms with Gasteiger partial charge in [-0.05, 0) is 25.0 Å². The smallest absolute Gasteiger partial charge is 0.257 e. The first-order valence-corrected chi connectivity index (χ1v) is 8.89. The van der Waals surface area contributed by atoms with Crippen LogP contribution in [-0.2, 0) is 0 Å². The molecule has 8 nitrogen and oxygen atoms in total. The summed E-state index contributed by atoms with van der Waals surface area (Å²) in [4.78, 5) is 37.4. The average Bonchev–Trinajstić information content (AvgIpc) is 2.66.